The molecule has 5 nitrogen and oxygen atoms in total. The molecule has 146 valence electrons. The van der Waals surface area contributed by atoms with Gasteiger partial charge in [0.25, 0.3) is 0 Å². The normalized spacial score (nSPS) is 22.6. The minimum atomic E-state index is -0.302. The number of likely N-dealkylation sites (tertiary alicyclic amines) is 1. The van der Waals surface area contributed by atoms with E-state index in [0.29, 0.717) is 19.5 Å². The van der Waals surface area contributed by atoms with Gasteiger partial charge in [0.1, 0.15) is 0 Å². The van der Waals surface area contributed by atoms with Crippen LogP contribution < -0.4 is 4.90 Å². The van der Waals surface area contributed by atoms with E-state index in [0.717, 1.165) is 18.7 Å². The molecule has 2 heterocycles. The molecular weight excluding hydrogens is 350 g/mol. The van der Waals surface area contributed by atoms with Crippen molar-refractivity contribution in [3.63, 3.8) is 0 Å². The third-order valence-corrected chi connectivity index (χ3v) is 6.04. The van der Waals surface area contributed by atoms with Gasteiger partial charge in [0.15, 0.2) is 0 Å². The van der Waals surface area contributed by atoms with Gasteiger partial charge in [-0.1, -0.05) is 48.0 Å². The highest BCUT2D eigenvalue weighted by molar-refractivity contribution is 5.90. The number of benzene rings is 2. The number of anilines is 1. The molecule has 0 saturated carbocycles. The van der Waals surface area contributed by atoms with Crippen LogP contribution in [0.3, 0.4) is 0 Å². The summed E-state index contributed by atoms with van der Waals surface area (Å²) < 4.78 is 0. The van der Waals surface area contributed by atoms with Crippen molar-refractivity contribution >= 4 is 17.5 Å². The summed E-state index contributed by atoms with van der Waals surface area (Å²) >= 11 is 0. The number of hydrogen-bond donors (Lipinski definition) is 0. The lowest BCUT2D eigenvalue weighted by atomic mass is 9.91. The molecule has 0 bridgehead atoms. The summed E-state index contributed by atoms with van der Waals surface area (Å²) in [5.74, 6) is -0.147. The van der Waals surface area contributed by atoms with Gasteiger partial charge in [-0.3, -0.25) is 9.59 Å². The van der Waals surface area contributed by atoms with Crippen molar-refractivity contribution < 1.29 is 9.59 Å². The maximum atomic E-state index is 13.3. The van der Waals surface area contributed by atoms with Crippen molar-refractivity contribution in [2.24, 2.45) is 5.92 Å². The number of carbonyl (C=O) groups excluding carboxylic acids is 2. The Labute approximate surface area is 166 Å². The summed E-state index contributed by atoms with van der Waals surface area (Å²) in [5, 5.41) is 0. The van der Waals surface area contributed by atoms with Gasteiger partial charge in [-0.15, -0.1) is 0 Å². The number of para-hydroxylation sites is 1. The number of piperazine rings is 1. The van der Waals surface area contributed by atoms with Crippen LogP contribution in [0.4, 0.5) is 5.69 Å². The van der Waals surface area contributed by atoms with Gasteiger partial charge in [-0.05, 0) is 24.6 Å². The second kappa shape index (κ2) is 7.66. The van der Waals surface area contributed by atoms with Crippen LogP contribution in [0.25, 0.3) is 0 Å². The first-order valence-corrected chi connectivity index (χ1v) is 9.95. The van der Waals surface area contributed by atoms with E-state index in [9.17, 15) is 9.59 Å². The summed E-state index contributed by atoms with van der Waals surface area (Å²) in [6, 6.07) is 18.3. The van der Waals surface area contributed by atoms with Gasteiger partial charge in [0, 0.05) is 45.3 Å². The Morgan fingerprint density at radius 2 is 1.57 bits per heavy atom. The lowest BCUT2D eigenvalue weighted by molar-refractivity contribution is -0.136. The van der Waals surface area contributed by atoms with Crippen molar-refractivity contribution in [1.82, 2.24) is 9.80 Å². The predicted octanol–water partition coefficient (Wildman–Crippen LogP) is 2.86. The highest BCUT2D eigenvalue weighted by atomic mass is 16.2. The number of hydrogen-bond acceptors (Lipinski definition) is 3. The van der Waals surface area contributed by atoms with Crippen LogP contribution in [0, 0.1) is 12.8 Å². The quantitative estimate of drug-likeness (QED) is 0.826. The molecule has 2 aromatic carbocycles. The van der Waals surface area contributed by atoms with E-state index in [1.54, 1.807) is 4.90 Å². The van der Waals surface area contributed by atoms with Crippen LogP contribution in [-0.4, -0.2) is 54.8 Å². The Morgan fingerprint density at radius 3 is 2.21 bits per heavy atom. The van der Waals surface area contributed by atoms with E-state index >= 15 is 0 Å². The summed E-state index contributed by atoms with van der Waals surface area (Å²) in [6.07, 6.45) is 0.298. The van der Waals surface area contributed by atoms with Gasteiger partial charge >= 0.3 is 0 Å². The highest BCUT2D eigenvalue weighted by Gasteiger charge is 2.44. The van der Waals surface area contributed by atoms with Crippen molar-refractivity contribution in [1.29, 1.82) is 0 Å². The fraction of sp³-hybridized carbons (Fsp3) is 0.391. The first kappa shape index (κ1) is 18.5. The van der Waals surface area contributed by atoms with Crippen molar-refractivity contribution in [3.05, 3.63) is 65.7 Å². The molecular formula is C23H27N3O2. The largest absolute Gasteiger partial charge is 0.368 e. The van der Waals surface area contributed by atoms with E-state index in [4.69, 9.17) is 0 Å². The fourth-order valence-electron chi connectivity index (χ4n) is 4.37. The molecule has 2 amide bonds. The van der Waals surface area contributed by atoms with Gasteiger partial charge in [-0.2, -0.15) is 0 Å². The van der Waals surface area contributed by atoms with Crippen LogP contribution in [0.15, 0.2) is 54.6 Å². The number of aryl methyl sites for hydroxylation is 1. The second-order valence-corrected chi connectivity index (χ2v) is 7.82. The molecule has 0 unspecified atom stereocenters. The Balaban J connectivity index is 1.47. The lowest BCUT2D eigenvalue weighted by Gasteiger charge is -2.38. The van der Waals surface area contributed by atoms with E-state index < -0.39 is 0 Å². The molecule has 0 N–H and O–H groups in total. The third-order valence-electron chi connectivity index (χ3n) is 6.04. The predicted molar refractivity (Wildman–Crippen MR) is 110 cm³/mol. The first-order valence-electron chi connectivity index (χ1n) is 9.95. The summed E-state index contributed by atoms with van der Waals surface area (Å²) in [5.41, 5.74) is 3.42. The summed E-state index contributed by atoms with van der Waals surface area (Å²) in [7, 11) is 1.81. The Morgan fingerprint density at radius 1 is 0.929 bits per heavy atom. The zero-order chi connectivity index (χ0) is 19.7. The Bertz CT molecular complexity index is 842. The van der Waals surface area contributed by atoms with E-state index in [1.165, 1.54) is 11.3 Å². The molecule has 2 aliphatic heterocycles. The molecule has 2 fully saturated rings. The average molecular weight is 377 g/mol. The molecule has 0 aliphatic carbocycles. The lowest BCUT2D eigenvalue weighted by Crippen LogP contribution is -2.51. The van der Waals surface area contributed by atoms with Crippen molar-refractivity contribution in [2.45, 2.75) is 19.4 Å². The smallest absolute Gasteiger partial charge is 0.228 e. The van der Waals surface area contributed by atoms with Crippen LogP contribution >= 0.6 is 0 Å². The van der Waals surface area contributed by atoms with Gasteiger partial charge in [0.2, 0.25) is 11.8 Å². The van der Waals surface area contributed by atoms with Gasteiger partial charge < -0.3 is 14.7 Å². The fourth-order valence-corrected chi connectivity index (χ4v) is 4.37. The first-order chi connectivity index (χ1) is 13.5. The zero-order valence-electron chi connectivity index (χ0n) is 16.5. The van der Waals surface area contributed by atoms with Crippen LogP contribution in [0.2, 0.25) is 0 Å². The Hall–Kier alpha value is -2.82. The second-order valence-electron chi connectivity index (χ2n) is 7.82. The number of rotatable bonds is 3. The topological polar surface area (TPSA) is 43.9 Å². The molecule has 2 saturated heterocycles. The molecule has 0 radical (unpaired) electrons. The standard InChI is InChI=1S/C23H27N3O2/c1-17-8-10-18(11-9-17)22-20(16-21(27)24(22)2)23(28)26-14-12-25(13-15-26)19-6-4-3-5-7-19/h3-11,20,22H,12-16H2,1-2H3/t20-,22-/m1/s1. The Kier molecular flexibility index (Phi) is 5.07. The van der Waals surface area contributed by atoms with Gasteiger partial charge in [-0.25, -0.2) is 0 Å². The number of nitrogens with zero attached hydrogens (tertiary/aromatic N) is 3. The van der Waals surface area contributed by atoms with Crippen molar-refractivity contribution in [2.75, 3.05) is 38.1 Å². The average Bonchev–Trinajstić information content (AvgIpc) is 3.03. The SMILES string of the molecule is Cc1ccc([C@@H]2[C@H](C(=O)N3CCN(c4ccccc4)CC3)CC(=O)N2C)cc1. The summed E-state index contributed by atoms with van der Waals surface area (Å²) in [6.45, 7) is 5.08. The van der Waals surface area contributed by atoms with E-state index in [-0.39, 0.29) is 23.8 Å². The maximum absolute atomic E-state index is 13.3. The van der Waals surface area contributed by atoms with Gasteiger partial charge in [0.05, 0.1) is 12.0 Å². The summed E-state index contributed by atoms with van der Waals surface area (Å²) in [4.78, 5) is 31.7. The maximum Gasteiger partial charge on any atom is 0.228 e. The number of carbonyl (C=O) groups is 2. The van der Waals surface area contributed by atoms with Crippen molar-refractivity contribution in [3.8, 4) is 0 Å². The van der Waals surface area contributed by atoms with Crippen LogP contribution in [-0.2, 0) is 9.59 Å². The van der Waals surface area contributed by atoms with Crippen LogP contribution in [0.1, 0.15) is 23.6 Å². The zero-order valence-corrected chi connectivity index (χ0v) is 16.5. The monoisotopic (exact) mass is 377 g/mol. The number of amides is 2. The third kappa shape index (κ3) is 3.49. The molecule has 28 heavy (non-hydrogen) atoms. The van der Waals surface area contributed by atoms with Crippen LogP contribution in [0.5, 0.6) is 0 Å². The molecule has 0 aromatic heterocycles. The molecule has 2 atom stereocenters. The minimum Gasteiger partial charge on any atom is -0.368 e. The molecule has 4 rings (SSSR count). The molecule has 5 heteroatoms. The molecule has 0 spiro atoms. The minimum absolute atomic E-state index is 0.0480. The van der Waals surface area contributed by atoms with E-state index in [1.807, 2.05) is 61.3 Å². The van der Waals surface area contributed by atoms with E-state index in [2.05, 4.69) is 17.0 Å². The molecule has 2 aliphatic rings. The highest BCUT2D eigenvalue weighted by Crippen LogP contribution is 2.38. The molecule has 2 aromatic rings.